The first-order chi connectivity index (χ1) is 24.1. The smallest absolute Gasteiger partial charge is 0.410 e. The lowest BCUT2D eigenvalue weighted by Gasteiger charge is -2.27. The van der Waals surface area contributed by atoms with Crippen molar-refractivity contribution in [2.75, 3.05) is 25.5 Å². The number of anilines is 1. The van der Waals surface area contributed by atoms with Crippen LogP contribution in [0.25, 0.3) is 32.8 Å². The third-order valence-corrected chi connectivity index (χ3v) is 8.33. The van der Waals surface area contributed by atoms with Crippen molar-refractivity contribution < 1.29 is 23.5 Å². The molecule has 0 unspecified atom stereocenters. The van der Waals surface area contributed by atoms with Crippen molar-refractivity contribution in [3.05, 3.63) is 119 Å². The SMILES string of the molecule is COC(=O)c1ccc2c(c1)nc(NCCc1cnc(CCN(Cc3ccc(-c4ccccc4)c(Cl)c3)C(=O)OC(C)(C)C)o1)c1ccncc12. The van der Waals surface area contributed by atoms with Crippen LogP contribution in [-0.4, -0.2) is 57.7 Å². The van der Waals surface area contributed by atoms with Gasteiger partial charge in [0.15, 0.2) is 5.89 Å². The minimum Gasteiger partial charge on any atom is -0.465 e. The average molecular weight is 692 g/mol. The number of oxazole rings is 1. The van der Waals surface area contributed by atoms with Crippen LogP contribution < -0.4 is 5.32 Å². The molecule has 256 valence electrons. The topological polar surface area (TPSA) is 120 Å². The summed E-state index contributed by atoms with van der Waals surface area (Å²) in [6.45, 7) is 6.69. The van der Waals surface area contributed by atoms with Gasteiger partial charge in [0, 0.05) is 71.6 Å². The Morgan fingerprint density at radius 3 is 2.52 bits per heavy atom. The van der Waals surface area contributed by atoms with E-state index in [2.05, 4.69) is 15.3 Å². The molecule has 6 rings (SSSR count). The lowest BCUT2D eigenvalue weighted by molar-refractivity contribution is 0.0233. The number of carbonyl (C=O) groups is 2. The molecule has 3 aromatic heterocycles. The second kappa shape index (κ2) is 15.0. The van der Waals surface area contributed by atoms with Crippen LogP contribution in [0.4, 0.5) is 10.6 Å². The number of aromatic nitrogens is 3. The minimum absolute atomic E-state index is 0.310. The summed E-state index contributed by atoms with van der Waals surface area (Å²) >= 11 is 6.68. The number of benzene rings is 3. The number of rotatable bonds is 11. The fraction of sp³-hybridized carbons (Fsp3) is 0.256. The van der Waals surface area contributed by atoms with Gasteiger partial charge in [0.05, 0.1) is 24.4 Å². The first-order valence-corrected chi connectivity index (χ1v) is 16.7. The van der Waals surface area contributed by atoms with Crippen LogP contribution in [-0.2, 0) is 28.9 Å². The maximum Gasteiger partial charge on any atom is 0.410 e. The zero-order valence-electron chi connectivity index (χ0n) is 28.4. The molecule has 0 aliphatic heterocycles. The highest BCUT2D eigenvalue weighted by atomic mass is 35.5. The summed E-state index contributed by atoms with van der Waals surface area (Å²) in [5.41, 5.74) is 3.25. The molecule has 0 spiro atoms. The number of methoxy groups -OCH3 is 1. The van der Waals surface area contributed by atoms with E-state index in [1.165, 1.54) is 7.11 Å². The van der Waals surface area contributed by atoms with Gasteiger partial charge in [0.25, 0.3) is 0 Å². The van der Waals surface area contributed by atoms with Gasteiger partial charge in [-0.05, 0) is 56.2 Å². The molecule has 0 saturated heterocycles. The molecule has 11 heteroatoms. The molecule has 0 bridgehead atoms. The zero-order valence-corrected chi connectivity index (χ0v) is 29.2. The monoisotopic (exact) mass is 691 g/mol. The number of ether oxygens (including phenoxy) is 2. The number of fused-ring (bicyclic) bond motifs is 3. The Hall–Kier alpha value is -5.48. The molecule has 3 aromatic carbocycles. The Bertz CT molecular complexity index is 2140. The minimum atomic E-state index is -0.654. The summed E-state index contributed by atoms with van der Waals surface area (Å²) in [6.07, 6.45) is 5.73. The van der Waals surface area contributed by atoms with Gasteiger partial charge >= 0.3 is 12.1 Å². The molecule has 0 atom stereocenters. The largest absolute Gasteiger partial charge is 0.465 e. The van der Waals surface area contributed by atoms with E-state index in [1.54, 1.807) is 35.6 Å². The van der Waals surface area contributed by atoms with Crippen LogP contribution in [0.15, 0.2) is 95.8 Å². The van der Waals surface area contributed by atoms with Gasteiger partial charge in [-0.2, -0.15) is 0 Å². The van der Waals surface area contributed by atoms with E-state index in [9.17, 15) is 9.59 Å². The van der Waals surface area contributed by atoms with E-state index in [0.717, 1.165) is 32.8 Å². The summed E-state index contributed by atoms with van der Waals surface area (Å²) in [5, 5.41) is 6.74. The standard InChI is InChI=1S/C39H38ClN5O5/c1-39(2,3)50-38(47)45(24-25-10-12-29(33(40)20-25)26-8-6-5-7-9-26)19-16-35-43-22-28(49-35)14-18-42-36-31-15-17-41-23-32(31)30-13-11-27(37(46)48-4)21-34(30)44-36/h5-13,15,17,20-23H,14,16,18-19,24H2,1-4H3,(H,42,44). The molecule has 50 heavy (non-hydrogen) atoms. The van der Waals surface area contributed by atoms with Gasteiger partial charge in [-0.15, -0.1) is 0 Å². The summed E-state index contributed by atoms with van der Waals surface area (Å²) in [7, 11) is 1.35. The third kappa shape index (κ3) is 8.20. The highest BCUT2D eigenvalue weighted by Gasteiger charge is 2.23. The lowest BCUT2D eigenvalue weighted by atomic mass is 10.0. The summed E-state index contributed by atoms with van der Waals surface area (Å²) < 4.78 is 16.7. The van der Waals surface area contributed by atoms with Gasteiger partial charge in [-0.3, -0.25) is 4.98 Å². The van der Waals surface area contributed by atoms with Crippen LogP contribution in [0, 0.1) is 0 Å². The normalized spacial score (nSPS) is 11.5. The van der Waals surface area contributed by atoms with Gasteiger partial charge in [-0.1, -0.05) is 60.1 Å². The van der Waals surface area contributed by atoms with Crippen LogP contribution >= 0.6 is 11.6 Å². The van der Waals surface area contributed by atoms with Crippen molar-refractivity contribution in [3.8, 4) is 11.1 Å². The Morgan fingerprint density at radius 1 is 0.940 bits per heavy atom. The van der Waals surface area contributed by atoms with Crippen molar-refractivity contribution >= 4 is 51.2 Å². The van der Waals surface area contributed by atoms with E-state index >= 15 is 0 Å². The van der Waals surface area contributed by atoms with Crippen LogP contribution in [0.2, 0.25) is 5.02 Å². The van der Waals surface area contributed by atoms with Gasteiger partial charge < -0.3 is 24.1 Å². The van der Waals surface area contributed by atoms with Crippen LogP contribution in [0.3, 0.4) is 0 Å². The van der Waals surface area contributed by atoms with Gasteiger partial charge in [0.2, 0.25) is 0 Å². The van der Waals surface area contributed by atoms with Crippen molar-refractivity contribution in [1.29, 1.82) is 0 Å². The van der Waals surface area contributed by atoms with E-state index in [-0.39, 0.29) is 0 Å². The summed E-state index contributed by atoms with van der Waals surface area (Å²) in [4.78, 5) is 40.6. The van der Waals surface area contributed by atoms with E-state index in [4.69, 9.17) is 30.5 Å². The predicted molar refractivity (Wildman–Crippen MR) is 194 cm³/mol. The Morgan fingerprint density at radius 2 is 1.76 bits per heavy atom. The molecule has 10 nitrogen and oxygen atoms in total. The molecule has 0 aliphatic carbocycles. The van der Waals surface area contributed by atoms with Crippen molar-refractivity contribution in [3.63, 3.8) is 0 Å². The number of nitrogens with one attached hydrogen (secondary N) is 1. The number of nitrogens with zero attached hydrogens (tertiary/aromatic N) is 4. The predicted octanol–water partition coefficient (Wildman–Crippen LogP) is 8.51. The van der Waals surface area contributed by atoms with E-state index < -0.39 is 17.7 Å². The van der Waals surface area contributed by atoms with Crippen molar-refractivity contribution in [2.24, 2.45) is 0 Å². The molecule has 1 N–H and O–H groups in total. The second-order valence-electron chi connectivity index (χ2n) is 12.8. The quantitative estimate of drug-likeness (QED) is 0.105. The third-order valence-electron chi connectivity index (χ3n) is 8.02. The Kier molecular flexibility index (Phi) is 10.3. The second-order valence-corrected chi connectivity index (χ2v) is 13.2. The number of hydrogen-bond acceptors (Lipinski definition) is 9. The number of carbonyl (C=O) groups excluding carboxylic acids is 2. The fourth-order valence-corrected chi connectivity index (χ4v) is 5.94. The number of pyridine rings is 2. The van der Waals surface area contributed by atoms with Gasteiger partial charge in [0.1, 0.15) is 17.2 Å². The van der Waals surface area contributed by atoms with Gasteiger partial charge in [-0.25, -0.2) is 19.6 Å². The average Bonchev–Trinajstić information content (AvgIpc) is 3.56. The molecule has 0 fully saturated rings. The lowest BCUT2D eigenvalue weighted by Crippen LogP contribution is -2.37. The number of amides is 1. The van der Waals surface area contributed by atoms with Crippen LogP contribution in [0.1, 0.15) is 48.3 Å². The molecule has 0 aliphatic rings. The Balaban J connectivity index is 1.12. The van der Waals surface area contributed by atoms with E-state index in [0.29, 0.717) is 66.0 Å². The summed E-state index contributed by atoms with van der Waals surface area (Å²) in [6, 6.07) is 23.0. The molecular weight excluding hydrogens is 654 g/mol. The Labute approximate surface area is 295 Å². The fourth-order valence-electron chi connectivity index (χ4n) is 5.63. The molecule has 0 radical (unpaired) electrons. The highest BCUT2D eigenvalue weighted by Crippen LogP contribution is 2.31. The maximum absolute atomic E-state index is 13.3. The zero-order chi connectivity index (χ0) is 35.3. The molecule has 6 aromatic rings. The molecule has 1 amide bonds. The van der Waals surface area contributed by atoms with E-state index in [1.807, 2.05) is 81.4 Å². The maximum atomic E-state index is 13.3. The number of halogens is 1. The highest BCUT2D eigenvalue weighted by molar-refractivity contribution is 6.33. The van der Waals surface area contributed by atoms with Crippen molar-refractivity contribution in [2.45, 2.75) is 45.8 Å². The number of esters is 1. The molecule has 0 saturated carbocycles. The molecule has 3 heterocycles. The van der Waals surface area contributed by atoms with Crippen LogP contribution in [0.5, 0.6) is 0 Å². The number of hydrogen-bond donors (Lipinski definition) is 1. The van der Waals surface area contributed by atoms with Crippen molar-refractivity contribution in [1.82, 2.24) is 19.9 Å². The molecular formula is C39H38ClN5O5. The summed E-state index contributed by atoms with van der Waals surface area (Å²) in [5.74, 6) is 1.45. The first kappa shape index (κ1) is 34.4. The first-order valence-electron chi connectivity index (χ1n) is 16.3.